The molecule has 1 amide bonds. The summed E-state index contributed by atoms with van der Waals surface area (Å²) in [5, 5.41) is 9.52. The average molecular weight is 237 g/mol. The number of anilines is 2. The molecule has 1 aromatic carbocycles. The standard InChI is InChI=1S/C11H15N3O3/c12-14(11(15)16)10-3-1-2-9(8-10)13-4-6-17-7-5-13/h1-3,8H,4-7,12H2,(H,15,16). The van der Waals surface area contributed by atoms with Gasteiger partial charge in [0.1, 0.15) is 0 Å². The maximum absolute atomic E-state index is 10.8. The topological polar surface area (TPSA) is 79.0 Å². The van der Waals surface area contributed by atoms with Crippen molar-refractivity contribution in [3.8, 4) is 0 Å². The Balaban J connectivity index is 2.18. The molecule has 1 heterocycles. The normalized spacial score (nSPS) is 15.7. The van der Waals surface area contributed by atoms with E-state index in [0.29, 0.717) is 23.9 Å². The summed E-state index contributed by atoms with van der Waals surface area (Å²) in [6, 6.07) is 7.16. The first-order valence-electron chi connectivity index (χ1n) is 5.39. The van der Waals surface area contributed by atoms with Crippen LogP contribution in [0.2, 0.25) is 0 Å². The van der Waals surface area contributed by atoms with Crippen molar-refractivity contribution >= 4 is 17.5 Å². The minimum atomic E-state index is -1.18. The highest BCUT2D eigenvalue weighted by molar-refractivity contribution is 5.85. The summed E-state index contributed by atoms with van der Waals surface area (Å²) >= 11 is 0. The molecule has 1 saturated heterocycles. The van der Waals surface area contributed by atoms with E-state index in [1.54, 1.807) is 18.2 Å². The van der Waals surface area contributed by atoms with E-state index in [4.69, 9.17) is 15.7 Å². The number of nitrogens with two attached hydrogens (primary N) is 1. The van der Waals surface area contributed by atoms with Crippen LogP contribution in [0.4, 0.5) is 16.2 Å². The van der Waals surface area contributed by atoms with Gasteiger partial charge in [-0.25, -0.2) is 15.6 Å². The van der Waals surface area contributed by atoms with Gasteiger partial charge in [-0.05, 0) is 18.2 Å². The van der Waals surface area contributed by atoms with Crippen molar-refractivity contribution in [3.63, 3.8) is 0 Å². The first-order chi connectivity index (χ1) is 8.18. The van der Waals surface area contributed by atoms with Crippen molar-refractivity contribution < 1.29 is 14.6 Å². The fourth-order valence-corrected chi connectivity index (χ4v) is 1.77. The summed E-state index contributed by atoms with van der Waals surface area (Å²) in [5.41, 5.74) is 1.42. The quantitative estimate of drug-likeness (QED) is 0.453. The van der Waals surface area contributed by atoms with Crippen LogP contribution in [0.25, 0.3) is 0 Å². The highest BCUT2D eigenvalue weighted by Gasteiger charge is 2.14. The second-order valence-corrected chi connectivity index (χ2v) is 3.77. The van der Waals surface area contributed by atoms with Crippen molar-refractivity contribution in [2.45, 2.75) is 0 Å². The molecule has 3 N–H and O–H groups in total. The van der Waals surface area contributed by atoms with E-state index in [2.05, 4.69) is 4.90 Å². The number of nitrogens with zero attached hydrogens (tertiary/aromatic N) is 2. The Kier molecular flexibility index (Phi) is 3.46. The number of carboxylic acid groups (broad SMARTS) is 1. The average Bonchev–Trinajstić information content (AvgIpc) is 2.39. The van der Waals surface area contributed by atoms with Gasteiger partial charge in [-0.3, -0.25) is 0 Å². The van der Waals surface area contributed by atoms with Crippen LogP contribution in [0.5, 0.6) is 0 Å². The maximum atomic E-state index is 10.8. The fraction of sp³-hybridized carbons (Fsp3) is 0.364. The monoisotopic (exact) mass is 237 g/mol. The van der Waals surface area contributed by atoms with Gasteiger partial charge in [0, 0.05) is 18.8 Å². The first kappa shape index (κ1) is 11.7. The number of rotatable bonds is 2. The van der Waals surface area contributed by atoms with Gasteiger partial charge in [-0.2, -0.15) is 0 Å². The van der Waals surface area contributed by atoms with Crippen LogP contribution in [-0.2, 0) is 4.74 Å². The van der Waals surface area contributed by atoms with Gasteiger partial charge in [0.2, 0.25) is 0 Å². The third-order valence-corrected chi connectivity index (χ3v) is 2.69. The molecule has 1 fully saturated rings. The molecule has 0 unspecified atom stereocenters. The molecule has 6 nitrogen and oxygen atoms in total. The molecule has 1 aromatic rings. The second kappa shape index (κ2) is 5.03. The molecule has 6 heteroatoms. The molecular weight excluding hydrogens is 222 g/mol. The predicted molar refractivity (Wildman–Crippen MR) is 64.2 cm³/mol. The smallest absolute Gasteiger partial charge is 0.426 e. The van der Waals surface area contributed by atoms with Crippen LogP contribution in [-0.4, -0.2) is 37.5 Å². The maximum Gasteiger partial charge on any atom is 0.426 e. The SMILES string of the molecule is NN(C(=O)O)c1cccc(N2CCOCC2)c1. The number of amides is 1. The van der Waals surface area contributed by atoms with Gasteiger partial charge in [0.25, 0.3) is 0 Å². The van der Waals surface area contributed by atoms with E-state index >= 15 is 0 Å². The van der Waals surface area contributed by atoms with Gasteiger partial charge in [-0.15, -0.1) is 0 Å². The van der Waals surface area contributed by atoms with Crippen molar-refractivity contribution in [2.75, 3.05) is 36.2 Å². The summed E-state index contributed by atoms with van der Waals surface area (Å²) in [6.07, 6.45) is -1.18. The number of hydrogen-bond donors (Lipinski definition) is 2. The van der Waals surface area contributed by atoms with Crippen molar-refractivity contribution in [1.29, 1.82) is 0 Å². The van der Waals surface area contributed by atoms with Gasteiger partial charge in [0.05, 0.1) is 18.9 Å². The molecule has 0 atom stereocenters. The molecule has 0 bridgehead atoms. The molecule has 0 spiro atoms. The Bertz CT molecular complexity index is 405. The molecule has 1 aliphatic heterocycles. The number of hydrogen-bond acceptors (Lipinski definition) is 4. The number of carbonyl (C=O) groups is 1. The van der Waals surface area contributed by atoms with Crippen molar-refractivity contribution in [1.82, 2.24) is 0 Å². The predicted octanol–water partition coefficient (Wildman–Crippen LogP) is 0.881. The lowest BCUT2D eigenvalue weighted by atomic mass is 10.2. The minimum Gasteiger partial charge on any atom is -0.464 e. The van der Waals surface area contributed by atoms with E-state index in [1.807, 2.05) is 6.07 Å². The lowest BCUT2D eigenvalue weighted by Gasteiger charge is -2.29. The summed E-state index contributed by atoms with van der Waals surface area (Å²) < 4.78 is 5.27. The largest absolute Gasteiger partial charge is 0.464 e. The number of morpholine rings is 1. The van der Waals surface area contributed by atoms with Gasteiger partial charge in [0.15, 0.2) is 0 Å². The van der Waals surface area contributed by atoms with E-state index in [0.717, 1.165) is 18.8 Å². The first-order valence-corrected chi connectivity index (χ1v) is 5.39. The van der Waals surface area contributed by atoms with E-state index in [9.17, 15) is 4.79 Å². The fourth-order valence-electron chi connectivity index (χ4n) is 1.77. The van der Waals surface area contributed by atoms with E-state index in [-0.39, 0.29) is 0 Å². The lowest BCUT2D eigenvalue weighted by Crippen LogP contribution is -2.38. The number of hydrazine groups is 1. The van der Waals surface area contributed by atoms with Crippen LogP contribution in [0.15, 0.2) is 24.3 Å². The Morgan fingerprint density at radius 2 is 2.12 bits per heavy atom. The zero-order valence-corrected chi connectivity index (χ0v) is 9.37. The number of benzene rings is 1. The molecule has 0 radical (unpaired) electrons. The summed E-state index contributed by atoms with van der Waals surface area (Å²) in [5.74, 6) is 5.43. The van der Waals surface area contributed by atoms with Crippen LogP contribution in [0.3, 0.4) is 0 Å². The molecule has 0 aromatic heterocycles. The minimum absolute atomic E-state index is 0.460. The van der Waals surface area contributed by atoms with Crippen molar-refractivity contribution in [2.24, 2.45) is 5.84 Å². The third-order valence-electron chi connectivity index (χ3n) is 2.69. The van der Waals surface area contributed by atoms with E-state index in [1.165, 1.54) is 0 Å². The van der Waals surface area contributed by atoms with Gasteiger partial charge in [-0.1, -0.05) is 6.07 Å². The van der Waals surface area contributed by atoms with Crippen molar-refractivity contribution in [3.05, 3.63) is 24.3 Å². The molecule has 0 aliphatic carbocycles. The Morgan fingerprint density at radius 1 is 1.41 bits per heavy atom. The summed E-state index contributed by atoms with van der Waals surface area (Å²) in [4.78, 5) is 12.9. The van der Waals surface area contributed by atoms with Gasteiger partial charge >= 0.3 is 6.09 Å². The number of ether oxygens (including phenoxy) is 1. The lowest BCUT2D eigenvalue weighted by molar-refractivity contribution is 0.122. The van der Waals surface area contributed by atoms with Crippen LogP contribution in [0, 0.1) is 0 Å². The molecule has 92 valence electrons. The second-order valence-electron chi connectivity index (χ2n) is 3.77. The van der Waals surface area contributed by atoms with Crippen LogP contribution in [0.1, 0.15) is 0 Å². The van der Waals surface area contributed by atoms with Crippen LogP contribution < -0.4 is 15.8 Å². The van der Waals surface area contributed by atoms with Crippen LogP contribution >= 0.6 is 0 Å². The van der Waals surface area contributed by atoms with E-state index < -0.39 is 6.09 Å². The highest BCUT2D eigenvalue weighted by atomic mass is 16.5. The Labute approximate surface area is 99.1 Å². The highest BCUT2D eigenvalue weighted by Crippen LogP contribution is 2.21. The zero-order chi connectivity index (χ0) is 12.3. The zero-order valence-electron chi connectivity index (χ0n) is 9.37. The summed E-state index contributed by atoms with van der Waals surface area (Å²) in [6.45, 7) is 2.99. The summed E-state index contributed by atoms with van der Waals surface area (Å²) in [7, 11) is 0. The van der Waals surface area contributed by atoms with Gasteiger partial charge < -0.3 is 14.7 Å². The molecule has 0 saturated carbocycles. The molecule has 2 rings (SSSR count). The molecule has 1 aliphatic rings. The molecular formula is C11H15N3O3. The molecule has 17 heavy (non-hydrogen) atoms. The Morgan fingerprint density at radius 3 is 2.76 bits per heavy atom. The third kappa shape index (κ3) is 2.66. The Hall–Kier alpha value is -1.79.